The van der Waals surface area contributed by atoms with Crippen molar-refractivity contribution in [2.24, 2.45) is 5.10 Å². The van der Waals surface area contributed by atoms with Crippen LogP contribution in [-0.4, -0.2) is 22.0 Å². The van der Waals surface area contributed by atoms with Crippen LogP contribution in [0.15, 0.2) is 47.6 Å². The second-order valence-corrected chi connectivity index (χ2v) is 6.48. The number of hydrazone groups is 1. The van der Waals surface area contributed by atoms with Crippen molar-refractivity contribution in [3.05, 3.63) is 63.2 Å². The van der Waals surface area contributed by atoms with Gasteiger partial charge < -0.3 is 0 Å². The monoisotopic (exact) mass is 374 g/mol. The molecule has 2 aromatic carbocycles. The summed E-state index contributed by atoms with van der Waals surface area (Å²) < 4.78 is 0.847. The van der Waals surface area contributed by atoms with Gasteiger partial charge in [0.25, 0.3) is 5.69 Å². The number of aromatic nitrogens is 1. The molecular formula is C16H11ClN4O3S. The van der Waals surface area contributed by atoms with Gasteiger partial charge in [-0.1, -0.05) is 22.9 Å². The first-order chi connectivity index (χ1) is 11.9. The van der Waals surface area contributed by atoms with Crippen molar-refractivity contribution in [1.82, 2.24) is 4.98 Å². The van der Waals surface area contributed by atoms with Gasteiger partial charge >= 0.3 is 0 Å². The molecule has 7 nitrogen and oxygen atoms in total. The SMILES string of the molecule is CC(=O)N(/N=C/c1ccc([N+](=O)[O-])cc1)c1nc2ccc(Cl)cc2s1. The van der Waals surface area contributed by atoms with Crippen molar-refractivity contribution in [1.29, 1.82) is 0 Å². The third-order valence-electron chi connectivity index (χ3n) is 3.24. The Morgan fingerprint density at radius 3 is 2.68 bits per heavy atom. The molecule has 0 N–H and O–H groups in total. The number of nitro groups is 1. The number of non-ortho nitro benzene ring substituents is 1. The van der Waals surface area contributed by atoms with Crippen LogP contribution in [0.1, 0.15) is 12.5 Å². The first-order valence-electron chi connectivity index (χ1n) is 7.09. The van der Waals surface area contributed by atoms with E-state index < -0.39 is 4.92 Å². The second-order valence-electron chi connectivity index (χ2n) is 5.03. The van der Waals surface area contributed by atoms with Gasteiger partial charge in [-0.05, 0) is 35.9 Å². The quantitative estimate of drug-likeness (QED) is 0.388. The Morgan fingerprint density at radius 2 is 2.04 bits per heavy atom. The summed E-state index contributed by atoms with van der Waals surface area (Å²) in [5.41, 5.74) is 1.34. The molecule has 3 rings (SSSR count). The van der Waals surface area contributed by atoms with Crippen LogP contribution in [0.25, 0.3) is 10.2 Å². The molecule has 0 bridgehead atoms. The molecule has 0 atom stereocenters. The summed E-state index contributed by atoms with van der Waals surface area (Å²) in [6.45, 7) is 1.38. The Kier molecular flexibility index (Phi) is 4.73. The van der Waals surface area contributed by atoms with Crippen LogP contribution in [0.2, 0.25) is 5.02 Å². The lowest BCUT2D eigenvalue weighted by atomic mass is 10.2. The number of nitro benzene ring substituents is 1. The Hall–Kier alpha value is -2.84. The van der Waals surface area contributed by atoms with Gasteiger partial charge in [0.2, 0.25) is 11.0 Å². The summed E-state index contributed by atoms with van der Waals surface area (Å²) >= 11 is 7.26. The van der Waals surface area contributed by atoms with E-state index >= 15 is 0 Å². The lowest BCUT2D eigenvalue weighted by molar-refractivity contribution is -0.384. The van der Waals surface area contributed by atoms with Crippen molar-refractivity contribution in [2.45, 2.75) is 6.92 Å². The summed E-state index contributed by atoms with van der Waals surface area (Å²) in [5, 5.41) is 17.0. The van der Waals surface area contributed by atoms with Crippen molar-refractivity contribution in [3.8, 4) is 0 Å². The third-order valence-corrected chi connectivity index (χ3v) is 4.47. The molecule has 1 amide bonds. The van der Waals surface area contributed by atoms with E-state index in [0.29, 0.717) is 15.7 Å². The number of fused-ring (bicyclic) bond motifs is 1. The average molecular weight is 375 g/mol. The number of thiazole rings is 1. The molecule has 0 aliphatic rings. The zero-order chi connectivity index (χ0) is 18.0. The molecule has 126 valence electrons. The molecule has 0 aliphatic heterocycles. The molecule has 0 saturated carbocycles. The number of halogens is 1. The smallest absolute Gasteiger partial charge is 0.269 e. The fourth-order valence-corrected chi connectivity index (χ4v) is 3.29. The molecule has 0 saturated heterocycles. The van der Waals surface area contributed by atoms with Crippen LogP contribution >= 0.6 is 22.9 Å². The number of nitrogens with zero attached hydrogens (tertiary/aromatic N) is 4. The second kappa shape index (κ2) is 6.96. The molecule has 0 fully saturated rings. The van der Waals surface area contributed by atoms with E-state index in [2.05, 4.69) is 10.1 Å². The first kappa shape index (κ1) is 17.0. The lowest BCUT2D eigenvalue weighted by Gasteiger charge is -2.10. The van der Waals surface area contributed by atoms with Crippen molar-refractivity contribution in [3.63, 3.8) is 0 Å². The Balaban J connectivity index is 1.89. The largest absolute Gasteiger partial charge is 0.273 e. The molecule has 0 unspecified atom stereocenters. The van der Waals surface area contributed by atoms with Crippen LogP contribution in [0, 0.1) is 10.1 Å². The van der Waals surface area contributed by atoms with Crippen LogP contribution < -0.4 is 5.01 Å². The molecule has 9 heteroatoms. The molecule has 1 heterocycles. The van der Waals surface area contributed by atoms with Crippen molar-refractivity contribution >= 4 is 56.1 Å². The van der Waals surface area contributed by atoms with Gasteiger partial charge in [-0.25, -0.2) is 4.98 Å². The van der Waals surface area contributed by atoms with E-state index in [1.807, 2.05) is 0 Å². The molecule has 3 aromatic rings. The van der Waals surface area contributed by atoms with Crippen LogP contribution in [0.3, 0.4) is 0 Å². The van der Waals surface area contributed by atoms with Gasteiger partial charge in [-0.15, -0.1) is 0 Å². The maximum atomic E-state index is 11.9. The number of rotatable bonds is 4. The molecule has 25 heavy (non-hydrogen) atoms. The summed E-state index contributed by atoms with van der Waals surface area (Å²) in [7, 11) is 0. The number of carbonyl (C=O) groups excluding carboxylic acids is 1. The van der Waals surface area contributed by atoms with E-state index in [9.17, 15) is 14.9 Å². The highest BCUT2D eigenvalue weighted by Gasteiger charge is 2.15. The Labute approximate surface area is 151 Å². The van der Waals surface area contributed by atoms with Gasteiger partial charge in [0.15, 0.2) is 0 Å². The van der Waals surface area contributed by atoms with Gasteiger partial charge in [0, 0.05) is 24.1 Å². The number of carbonyl (C=O) groups is 1. The fraction of sp³-hybridized carbons (Fsp3) is 0.0625. The predicted molar refractivity (Wildman–Crippen MR) is 98.5 cm³/mol. The van der Waals surface area contributed by atoms with Gasteiger partial charge in [0.05, 0.1) is 21.4 Å². The minimum absolute atomic E-state index is 0.0105. The molecular weight excluding hydrogens is 364 g/mol. The van der Waals surface area contributed by atoms with E-state index in [-0.39, 0.29) is 11.6 Å². The van der Waals surface area contributed by atoms with Gasteiger partial charge in [0.1, 0.15) is 0 Å². The normalized spacial score (nSPS) is 11.1. The highest BCUT2D eigenvalue weighted by molar-refractivity contribution is 7.22. The zero-order valence-electron chi connectivity index (χ0n) is 12.9. The molecule has 0 aliphatic carbocycles. The third kappa shape index (κ3) is 3.81. The minimum atomic E-state index is -0.477. The molecule has 0 spiro atoms. The van der Waals surface area contributed by atoms with Crippen LogP contribution in [0.5, 0.6) is 0 Å². The predicted octanol–water partition coefficient (Wildman–Crippen LogP) is 4.24. The standard InChI is InChI=1S/C16H11ClN4O3S/c1-10(22)20(16-19-14-7-4-12(17)8-15(14)25-16)18-9-11-2-5-13(6-3-11)21(23)24/h2-9H,1H3/b18-9+. The highest BCUT2D eigenvalue weighted by Crippen LogP contribution is 2.31. The maximum absolute atomic E-state index is 11.9. The van der Waals surface area contributed by atoms with Crippen LogP contribution in [-0.2, 0) is 4.79 Å². The Bertz CT molecular complexity index is 985. The first-order valence-corrected chi connectivity index (χ1v) is 8.29. The van der Waals surface area contributed by atoms with Gasteiger partial charge in [-0.3, -0.25) is 14.9 Å². The summed E-state index contributed by atoms with van der Waals surface area (Å²) in [6.07, 6.45) is 1.45. The minimum Gasteiger partial charge on any atom is -0.273 e. The average Bonchev–Trinajstić information content (AvgIpc) is 2.97. The number of anilines is 1. The topological polar surface area (TPSA) is 88.7 Å². The Morgan fingerprint density at radius 1 is 1.32 bits per heavy atom. The van der Waals surface area contributed by atoms with E-state index in [4.69, 9.17) is 11.6 Å². The summed E-state index contributed by atoms with van der Waals surface area (Å²) in [5.74, 6) is -0.302. The zero-order valence-corrected chi connectivity index (χ0v) is 14.5. The highest BCUT2D eigenvalue weighted by atomic mass is 35.5. The number of amides is 1. The number of benzene rings is 2. The molecule has 1 aromatic heterocycles. The van der Waals surface area contributed by atoms with E-state index in [1.54, 1.807) is 30.3 Å². The lowest BCUT2D eigenvalue weighted by Crippen LogP contribution is -2.22. The van der Waals surface area contributed by atoms with Gasteiger partial charge in [-0.2, -0.15) is 10.1 Å². The van der Waals surface area contributed by atoms with E-state index in [1.165, 1.54) is 41.6 Å². The summed E-state index contributed by atoms with van der Waals surface area (Å²) in [4.78, 5) is 26.5. The summed E-state index contributed by atoms with van der Waals surface area (Å²) in [6, 6.07) is 11.1. The van der Waals surface area contributed by atoms with Crippen molar-refractivity contribution < 1.29 is 9.72 Å². The number of hydrogen-bond acceptors (Lipinski definition) is 6. The van der Waals surface area contributed by atoms with Crippen molar-refractivity contribution in [2.75, 3.05) is 5.01 Å². The maximum Gasteiger partial charge on any atom is 0.269 e. The number of hydrogen-bond donors (Lipinski definition) is 0. The van der Waals surface area contributed by atoms with E-state index in [0.717, 1.165) is 10.2 Å². The van der Waals surface area contributed by atoms with Crippen LogP contribution in [0.4, 0.5) is 10.8 Å². The fourth-order valence-electron chi connectivity index (χ4n) is 2.05. The molecule has 0 radical (unpaired) electrons.